The van der Waals surface area contributed by atoms with E-state index in [1.165, 1.54) is 0 Å². The number of carbonyl (C=O) groups excluding carboxylic acids is 3. The molecule has 0 radical (unpaired) electrons. The maximum atomic E-state index is 10.6. The van der Waals surface area contributed by atoms with Gasteiger partial charge in [-0.15, -0.1) is 0 Å². The number of ether oxygens (including phenoxy) is 1. The molecule has 0 aromatic carbocycles. The number of hydrogen-bond acceptors (Lipinski definition) is 4. The van der Waals surface area contributed by atoms with Crippen molar-refractivity contribution < 1.29 is 19.1 Å². The fourth-order valence-electron chi connectivity index (χ4n) is 0.435. The first-order valence-corrected chi connectivity index (χ1v) is 3.31. The molecule has 0 atom stereocenters. The molecule has 6 nitrogen and oxygen atoms in total. The first-order chi connectivity index (χ1) is 5.57. The maximum absolute atomic E-state index is 10.6. The van der Waals surface area contributed by atoms with Gasteiger partial charge in [0.1, 0.15) is 0 Å². The van der Waals surface area contributed by atoms with Crippen molar-refractivity contribution in [3.63, 3.8) is 0 Å². The van der Waals surface area contributed by atoms with Crippen LogP contribution in [0.5, 0.6) is 0 Å². The lowest BCUT2D eigenvalue weighted by Crippen LogP contribution is -2.34. The Morgan fingerprint density at radius 1 is 1.42 bits per heavy atom. The molecule has 68 valence electrons. The van der Waals surface area contributed by atoms with Gasteiger partial charge in [0, 0.05) is 6.54 Å². The van der Waals surface area contributed by atoms with Crippen LogP contribution in [0.15, 0.2) is 0 Å². The molecular weight excluding hydrogens is 164 g/mol. The van der Waals surface area contributed by atoms with Crippen LogP contribution < -0.4 is 11.1 Å². The quantitative estimate of drug-likeness (QED) is 0.387. The minimum atomic E-state index is -1.10. The van der Waals surface area contributed by atoms with Crippen LogP contribution in [-0.2, 0) is 19.1 Å². The summed E-state index contributed by atoms with van der Waals surface area (Å²) >= 11 is 0. The summed E-state index contributed by atoms with van der Waals surface area (Å²) in [6, 6.07) is 0. The van der Waals surface area contributed by atoms with Crippen LogP contribution in [0, 0.1) is 0 Å². The van der Waals surface area contributed by atoms with Crippen molar-refractivity contribution in [2.75, 3.05) is 13.2 Å². The Kier molecular flexibility index (Phi) is 4.43. The third kappa shape index (κ3) is 4.26. The van der Waals surface area contributed by atoms with Crippen molar-refractivity contribution in [3.05, 3.63) is 0 Å². The van der Waals surface area contributed by atoms with Gasteiger partial charge in [-0.25, -0.2) is 4.79 Å². The van der Waals surface area contributed by atoms with Gasteiger partial charge in [-0.2, -0.15) is 0 Å². The van der Waals surface area contributed by atoms with Crippen LogP contribution in [0.25, 0.3) is 0 Å². The third-order valence-corrected chi connectivity index (χ3v) is 0.868. The number of primary amides is 1. The summed E-state index contributed by atoms with van der Waals surface area (Å²) in [5, 5.41) is 2.20. The second-order valence-corrected chi connectivity index (χ2v) is 1.90. The summed E-state index contributed by atoms with van der Waals surface area (Å²) in [7, 11) is 0. The van der Waals surface area contributed by atoms with E-state index < -0.39 is 24.4 Å². The highest BCUT2D eigenvalue weighted by Crippen LogP contribution is 1.77. The van der Waals surface area contributed by atoms with Gasteiger partial charge in [0.15, 0.2) is 6.61 Å². The average molecular weight is 174 g/mol. The molecule has 0 unspecified atom stereocenters. The normalized spacial score (nSPS) is 8.75. The Labute approximate surface area is 69.1 Å². The average Bonchev–Trinajstić information content (AvgIpc) is 2.00. The van der Waals surface area contributed by atoms with Gasteiger partial charge in [-0.1, -0.05) is 0 Å². The Morgan fingerprint density at radius 2 is 2.00 bits per heavy atom. The number of amides is 2. The zero-order valence-electron chi connectivity index (χ0n) is 6.62. The van der Waals surface area contributed by atoms with E-state index in [1.807, 2.05) is 0 Å². The smallest absolute Gasteiger partial charge is 0.397 e. The van der Waals surface area contributed by atoms with E-state index in [1.54, 1.807) is 6.92 Å². The van der Waals surface area contributed by atoms with Crippen molar-refractivity contribution in [2.24, 2.45) is 5.73 Å². The SMILES string of the molecule is CCNC(=O)C(=O)OCC(N)=O. The number of esters is 1. The summed E-state index contributed by atoms with van der Waals surface area (Å²) in [5.41, 5.74) is 4.67. The fourth-order valence-corrected chi connectivity index (χ4v) is 0.435. The van der Waals surface area contributed by atoms with E-state index in [0.717, 1.165) is 0 Å². The van der Waals surface area contributed by atoms with E-state index in [4.69, 9.17) is 0 Å². The first kappa shape index (κ1) is 10.4. The molecule has 0 aromatic heterocycles. The summed E-state index contributed by atoms with van der Waals surface area (Å²) in [6.45, 7) is 1.40. The van der Waals surface area contributed by atoms with Crippen LogP contribution in [0.1, 0.15) is 6.92 Å². The molecule has 0 spiro atoms. The summed E-state index contributed by atoms with van der Waals surface area (Å²) in [6.07, 6.45) is 0. The van der Waals surface area contributed by atoms with E-state index in [-0.39, 0.29) is 0 Å². The Hall–Kier alpha value is -1.59. The van der Waals surface area contributed by atoms with Gasteiger partial charge >= 0.3 is 11.9 Å². The molecule has 6 heteroatoms. The summed E-state index contributed by atoms with van der Waals surface area (Å²) in [5.74, 6) is -2.78. The number of carbonyl (C=O) groups is 3. The minimum absolute atomic E-state index is 0.324. The van der Waals surface area contributed by atoms with Gasteiger partial charge in [-0.05, 0) is 6.92 Å². The standard InChI is InChI=1S/C6H10N2O4/c1-2-8-5(10)6(11)12-3-4(7)9/h2-3H2,1H3,(H2,7,9)(H,8,10). The first-order valence-electron chi connectivity index (χ1n) is 3.31. The molecule has 0 aromatic rings. The van der Waals surface area contributed by atoms with Gasteiger partial charge in [0.05, 0.1) is 0 Å². The second kappa shape index (κ2) is 5.11. The number of nitrogens with one attached hydrogen (secondary N) is 1. The third-order valence-electron chi connectivity index (χ3n) is 0.868. The molecule has 0 aliphatic heterocycles. The number of rotatable bonds is 3. The molecular formula is C6H10N2O4. The van der Waals surface area contributed by atoms with Crippen LogP contribution in [-0.4, -0.2) is 30.9 Å². The highest BCUT2D eigenvalue weighted by atomic mass is 16.5. The van der Waals surface area contributed by atoms with Crippen molar-refractivity contribution in [2.45, 2.75) is 6.92 Å². The van der Waals surface area contributed by atoms with Gasteiger partial charge in [-0.3, -0.25) is 9.59 Å². The highest BCUT2D eigenvalue weighted by Gasteiger charge is 2.14. The van der Waals surface area contributed by atoms with E-state index in [0.29, 0.717) is 6.54 Å². The molecule has 0 saturated carbocycles. The Balaban J connectivity index is 3.72. The lowest BCUT2D eigenvalue weighted by atomic mass is 10.5. The molecule has 3 N–H and O–H groups in total. The monoisotopic (exact) mass is 174 g/mol. The van der Waals surface area contributed by atoms with Crippen molar-refractivity contribution >= 4 is 17.8 Å². The number of likely N-dealkylation sites (N-methyl/N-ethyl adjacent to an activating group) is 1. The van der Waals surface area contributed by atoms with Crippen LogP contribution in [0.2, 0.25) is 0 Å². The van der Waals surface area contributed by atoms with Gasteiger partial charge in [0.2, 0.25) is 0 Å². The lowest BCUT2D eigenvalue weighted by molar-refractivity contribution is -0.156. The predicted octanol–water partition coefficient (Wildman–Crippen LogP) is -1.85. The molecule has 0 fully saturated rings. The van der Waals surface area contributed by atoms with Crippen molar-refractivity contribution in [3.8, 4) is 0 Å². The Morgan fingerprint density at radius 3 is 2.42 bits per heavy atom. The largest absolute Gasteiger partial charge is 0.448 e. The van der Waals surface area contributed by atoms with E-state index in [9.17, 15) is 14.4 Å². The molecule has 0 aliphatic rings. The van der Waals surface area contributed by atoms with E-state index in [2.05, 4.69) is 15.8 Å². The van der Waals surface area contributed by atoms with Crippen molar-refractivity contribution in [1.29, 1.82) is 0 Å². The number of nitrogens with two attached hydrogens (primary N) is 1. The van der Waals surface area contributed by atoms with Gasteiger partial charge in [0.25, 0.3) is 5.91 Å². The second-order valence-electron chi connectivity index (χ2n) is 1.90. The molecule has 2 amide bonds. The van der Waals surface area contributed by atoms with Crippen LogP contribution >= 0.6 is 0 Å². The van der Waals surface area contributed by atoms with E-state index >= 15 is 0 Å². The van der Waals surface area contributed by atoms with Gasteiger partial charge < -0.3 is 15.8 Å². The fraction of sp³-hybridized carbons (Fsp3) is 0.500. The number of hydrogen-bond donors (Lipinski definition) is 2. The zero-order chi connectivity index (χ0) is 9.56. The topological polar surface area (TPSA) is 98.5 Å². The minimum Gasteiger partial charge on any atom is -0.448 e. The summed E-state index contributed by atoms with van der Waals surface area (Å²) in [4.78, 5) is 31.3. The molecule has 0 saturated heterocycles. The molecule has 0 aliphatic carbocycles. The molecule has 0 heterocycles. The van der Waals surface area contributed by atoms with Crippen LogP contribution in [0.3, 0.4) is 0 Å². The lowest BCUT2D eigenvalue weighted by Gasteiger charge is -2.00. The molecule has 0 rings (SSSR count). The Bertz CT molecular complexity index is 202. The van der Waals surface area contributed by atoms with Crippen LogP contribution in [0.4, 0.5) is 0 Å². The highest BCUT2D eigenvalue weighted by molar-refractivity contribution is 6.32. The zero-order valence-corrected chi connectivity index (χ0v) is 6.62. The predicted molar refractivity (Wildman–Crippen MR) is 38.8 cm³/mol. The molecule has 12 heavy (non-hydrogen) atoms. The molecule has 0 bridgehead atoms. The summed E-state index contributed by atoms with van der Waals surface area (Å²) < 4.78 is 4.19. The maximum Gasteiger partial charge on any atom is 0.397 e. The van der Waals surface area contributed by atoms with Crippen molar-refractivity contribution in [1.82, 2.24) is 5.32 Å².